The van der Waals surface area contributed by atoms with Crippen LogP contribution in [0.3, 0.4) is 0 Å². The van der Waals surface area contributed by atoms with E-state index in [1.54, 1.807) is 6.20 Å². The molecule has 0 amide bonds. The number of nitrogens with one attached hydrogen (secondary N) is 1. The van der Waals surface area contributed by atoms with Crippen molar-refractivity contribution in [2.75, 3.05) is 17.7 Å². The van der Waals surface area contributed by atoms with Gasteiger partial charge >= 0.3 is 0 Å². The third kappa shape index (κ3) is 2.68. The van der Waals surface area contributed by atoms with Gasteiger partial charge in [-0.3, -0.25) is 4.98 Å². The van der Waals surface area contributed by atoms with E-state index >= 15 is 0 Å². The lowest BCUT2D eigenvalue weighted by molar-refractivity contribution is 0.150. The first-order chi connectivity index (χ1) is 10.1. The summed E-state index contributed by atoms with van der Waals surface area (Å²) >= 11 is 0. The summed E-state index contributed by atoms with van der Waals surface area (Å²) in [7, 11) is 0. The lowest BCUT2D eigenvalue weighted by Gasteiger charge is -2.40. The van der Waals surface area contributed by atoms with Crippen molar-refractivity contribution < 1.29 is 5.11 Å². The Morgan fingerprint density at radius 2 is 2.29 bits per heavy atom. The van der Waals surface area contributed by atoms with E-state index in [1.165, 1.54) is 6.42 Å². The third-order valence-electron chi connectivity index (χ3n) is 4.60. The van der Waals surface area contributed by atoms with Crippen LogP contribution >= 0.6 is 0 Å². The Bertz CT molecular complexity index is 643. The van der Waals surface area contributed by atoms with E-state index < -0.39 is 0 Å². The minimum atomic E-state index is -0.238. The summed E-state index contributed by atoms with van der Waals surface area (Å²) in [4.78, 5) is 4.47. The van der Waals surface area contributed by atoms with E-state index in [-0.39, 0.29) is 12.1 Å². The molecule has 1 aromatic heterocycles. The Labute approximate surface area is 125 Å². The maximum absolute atomic E-state index is 9.94. The zero-order valence-corrected chi connectivity index (χ0v) is 12.5. The molecule has 0 radical (unpaired) electrons. The van der Waals surface area contributed by atoms with Gasteiger partial charge in [-0.15, -0.1) is 0 Å². The fourth-order valence-corrected chi connectivity index (χ4v) is 3.54. The number of nitrogens with two attached hydrogens (primary N) is 1. The standard InChI is InChI=1S/C17H23N3O/c1-12-4-2-8-17(10-12,11-21)20-15-7-6-14(18)13-5-3-9-19-16(13)15/h3,5-7,9,12,20-21H,2,4,8,10-11,18H2,1H3. The van der Waals surface area contributed by atoms with E-state index in [0.29, 0.717) is 5.92 Å². The lowest BCUT2D eigenvalue weighted by Crippen LogP contribution is -2.45. The van der Waals surface area contributed by atoms with Gasteiger partial charge in [0, 0.05) is 17.3 Å². The molecule has 1 fully saturated rings. The molecule has 0 bridgehead atoms. The number of nitrogen functional groups attached to an aromatic ring is 1. The van der Waals surface area contributed by atoms with Crippen LogP contribution < -0.4 is 11.1 Å². The van der Waals surface area contributed by atoms with Gasteiger partial charge in [-0.25, -0.2) is 0 Å². The van der Waals surface area contributed by atoms with Crippen LogP contribution in [-0.2, 0) is 0 Å². The number of anilines is 2. The van der Waals surface area contributed by atoms with Crippen molar-refractivity contribution in [1.82, 2.24) is 4.98 Å². The number of aromatic nitrogens is 1. The number of nitrogens with zero attached hydrogens (tertiary/aromatic N) is 1. The minimum absolute atomic E-state index is 0.149. The van der Waals surface area contributed by atoms with Gasteiger partial charge in [0.05, 0.1) is 23.3 Å². The average molecular weight is 285 g/mol. The molecule has 2 atom stereocenters. The van der Waals surface area contributed by atoms with E-state index in [1.807, 2.05) is 24.3 Å². The lowest BCUT2D eigenvalue weighted by atomic mass is 9.76. The Hall–Kier alpha value is -1.81. The fraction of sp³-hybridized carbons (Fsp3) is 0.471. The monoisotopic (exact) mass is 285 g/mol. The average Bonchev–Trinajstić information content (AvgIpc) is 2.50. The highest BCUT2D eigenvalue weighted by Gasteiger charge is 2.34. The molecule has 0 saturated heterocycles. The van der Waals surface area contributed by atoms with Crippen molar-refractivity contribution in [1.29, 1.82) is 0 Å². The Balaban J connectivity index is 1.99. The zero-order chi connectivity index (χ0) is 14.9. The summed E-state index contributed by atoms with van der Waals surface area (Å²) in [6.45, 7) is 2.40. The summed E-state index contributed by atoms with van der Waals surface area (Å²) in [6, 6.07) is 7.76. The number of hydrogen-bond donors (Lipinski definition) is 3. The summed E-state index contributed by atoms with van der Waals surface area (Å²) in [5, 5.41) is 14.5. The smallest absolute Gasteiger partial charge is 0.0954 e. The van der Waals surface area contributed by atoms with Crippen LogP contribution in [0.2, 0.25) is 0 Å². The molecule has 1 aliphatic rings. The first-order valence-corrected chi connectivity index (χ1v) is 7.66. The summed E-state index contributed by atoms with van der Waals surface area (Å²) in [5.74, 6) is 0.631. The number of pyridine rings is 1. The molecule has 4 N–H and O–H groups in total. The predicted molar refractivity (Wildman–Crippen MR) is 87.2 cm³/mol. The number of rotatable bonds is 3. The molecule has 0 aliphatic heterocycles. The molecule has 4 nitrogen and oxygen atoms in total. The second-order valence-corrected chi connectivity index (χ2v) is 6.37. The number of fused-ring (bicyclic) bond motifs is 1. The van der Waals surface area contributed by atoms with Crippen LogP contribution in [-0.4, -0.2) is 22.2 Å². The predicted octanol–water partition coefficient (Wildman–Crippen LogP) is 3.17. The van der Waals surface area contributed by atoms with Crippen LogP contribution in [0.5, 0.6) is 0 Å². The normalized spacial score (nSPS) is 25.9. The Morgan fingerprint density at radius 3 is 3.05 bits per heavy atom. The minimum Gasteiger partial charge on any atom is -0.398 e. The number of aliphatic hydroxyl groups is 1. The maximum Gasteiger partial charge on any atom is 0.0954 e. The number of hydrogen-bond acceptors (Lipinski definition) is 4. The third-order valence-corrected chi connectivity index (χ3v) is 4.60. The second kappa shape index (κ2) is 5.53. The Morgan fingerprint density at radius 1 is 1.43 bits per heavy atom. The largest absolute Gasteiger partial charge is 0.398 e. The molecule has 21 heavy (non-hydrogen) atoms. The van der Waals surface area contributed by atoms with Gasteiger partial charge in [-0.05, 0) is 43.0 Å². The molecule has 112 valence electrons. The molecule has 4 heteroatoms. The van der Waals surface area contributed by atoms with Crippen molar-refractivity contribution >= 4 is 22.3 Å². The van der Waals surface area contributed by atoms with Gasteiger partial charge < -0.3 is 16.2 Å². The van der Waals surface area contributed by atoms with Crippen molar-refractivity contribution in [3.05, 3.63) is 30.5 Å². The maximum atomic E-state index is 9.94. The van der Waals surface area contributed by atoms with Crippen molar-refractivity contribution in [3.63, 3.8) is 0 Å². The molecule has 1 heterocycles. The SMILES string of the molecule is CC1CCCC(CO)(Nc2ccc(N)c3cccnc23)C1. The van der Waals surface area contributed by atoms with Crippen LogP contribution in [0.1, 0.15) is 32.6 Å². The fourth-order valence-electron chi connectivity index (χ4n) is 3.54. The van der Waals surface area contributed by atoms with Crippen molar-refractivity contribution in [2.24, 2.45) is 5.92 Å². The topological polar surface area (TPSA) is 71.2 Å². The highest BCUT2D eigenvalue weighted by Crippen LogP contribution is 2.36. The van der Waals surface area contributed by atoms with Gasteiger partial charge in [-0.1, -0.05) is 19.8 Å². The van der Waals surface area contributed by atoms with E-state index in [4.69, 9.17) is 5.73 Å². The summed E-state index contributed by atoms with van der Waals surface area (Å²) in [5.41, 5.74) is 8.37. The van der Waals surface area contributed by atoms with Crippen LogP contribution in [0.4, 0.5) is 11.4 Å². The second-order valence-electron chi connectivity index (χ2n) is 6.37. The highest BCUT2D eigenvalue weighted by atomic mass is 16.3. The molecule has 1 aliphatic carbocycles. The molecule has 3 rings (SSSR count). The Kier molecular flexibility index (Phi) is 3.72. The van der Waals surface area contributed by atoms with Gasteiger partial charge in [0.1, 0.15) is 0 Å². The van der Waals surface area contributed by atoms with E-state index in [2.05, 4.69) is 17.2 Å². The van der Waals surface area contributed by atoms with Gasteiger partial charge in [0.2, 0.25) is 0 Å². The van der Waals surface area contributed by atoms with Gasteiger partial charge in [0.15, 0.2) is 0 Å². The van der Waals surface area contributed by atoms with Crippen LogP contribution in [0.15, 0.2) is 30.5 Å². The molecule has 0 spiro atoms. The van der Waals surface area contributed by atoms with Crippen molar-refractivity contribution in [2.45, 2.75) is 38.1 Å². The van der Waals surface area contributed by atoms with Crippen LogP contribution in [0.25, 0.3) is 10.9 Å². The zero-order valence-electron chi connectivity index (χ0n) is 12.5. The van der Waals surface area contributed by atoms with E-state index in [0.717, 1.165) is 41.5 Å². The quantitative estimate of drug-likeness (QED) is 0.757. The molecular formula is C17H23N3O. The highest BCUT2D eigenvalue weighted by molar-refractivity contribution is 5.98. The first-order valence-electron chi connectivity index (χ1n) is 7.66. The van der Waals surface area contributed by atoms with Gasteiger partial charge in [-0.2, -0.15) is 0 Å². The summed E-state index contributed by atoms with van der Waals surface area (Å²) in [6.07, 6.45) is 6.15. The first kappa shape index (κ1) is 14.1. The molecule has 2 aromatic rings. The molecule has 1 aromatic carbocycles. The van der Waals surface area contributed by atoms with E-state index in [9.17, 15) is 5.11 Å². The van der Waals surface area contributed by atoms with Gasteiger partial charge in [0.25, 0.3) is 0 Å². The molecular weight excluding hydrogens is 262 g/mol. The van der Waals surface area contributed by atoms with Crippen molar-refractivity contribution in [3.8, 4) is 0 Å². The number of aliphatic hydroxyl groups excluding tert-OH is 1. The van der Waals surface area contributed by atoms with Crippen LogP contribution in [0, 0.1) is 5.92 Å². The molecule has 2 unspecified atom stereocenters. The molecule has 1 saturated carbocycles. The summed E-state index contributed by atoms with van der Waals surface area (Å²) < 4.78 is 0. The number of benzene rings is 1.